The number of nitrogens with one attached hydrogen (secondary N) is 2. The molecule has 1 aliphatic rings. The summed E-state index contributed by atoms with van der Waals surface area (Å²) in [6.45, 7) is 9.28. The maximum atomic E-state index is 5.91. The van der Waals surface area contributed by atoms with Crippen molar-refractivity contribution in [1.29, 1.82) is 0 Å². The Morgan fingerprint density at radius 1 is 1.00 bits per heavy atom. The van der Waals surface area contributed by atoms with E-state index < -0.39 is 0 Å². The summed E-state index contributed by atoms with van der Waals surface area (Å²) >= 11 is 13.3. The van der Waals surface area contributed by atoms with Crippen LogP contribution in [0.3, 0.4) is 0 Å². The first-order chi connectivity index (χ1) is 11.6. The SMILES string of the molecule is CC1(C)CC(C)(C)c2cc(NC(=S)Nc3ccc(Cl)cc3)ccc2S1. The molecule has 0 saturated heterocycles. The molecule has 2 aromatic carbocycles. The van der Waals surface area contributed by atoms with Crippen LogP contribution in [-0.4, -0.2) is 9.86 Å². The molecule has 0 saturated carbocycles. The van der Waals surface area contributed by atoms with Crippen molar-refractivity contribution in [3.05, 3.63) is 53.1 Å². The van der Waals surface area contributed by atoms with Crippen LogP contribution in [0, 0.1) is 0 Å². The highest BCUT2D eigenvalue weighted by Gasteiger charge is 2.38. The molecule has 0 aromatic heterocycles. The summed E-state index contributed by atoms with van der Waals surface area (Å²) in [4.78, 5) is 1.36. The number of fused-ring (bicyclic) bond motifs is 1. The summed E-state index contributed by atoms with van der Waals surface area (Å²) in [5.74, 6) is 0. The van der Waals surface area contributed by atoms with Crippen LogP contribution < -0.4 is 10.6 Å². The molecule has 2 N–H and O–H groups in total. The summed E-state index contributed by atoms with van der Waals surface area (Å²) in [6.07, 6.45) is 1.15. The van der Waals surface area contributed by atoms with Crippen LogP contribution in [0.25, 0.3) is 0 Å². The fraction of sp³-hybridized carbons (Fsp3) is 0.350. The Labute approximate surface area is 164 Å². The van der Waals surface area contributed by atoms with E-state index in [4.69, 9.17) is 23.8 Å². The highest BCUT2D eigenvalue weighted by molar-refractivity contribution is 8.00. The van der Waals surface area contributed by atoms with Gasteiger partial charge in [-0.1, -0.05) is 39.3 Å². The molecule has 25 heavy (non-hydrogen) atoms. The van der Waals surface area contributed by atoms with Gasteiger partial charge in [0, 0.05) is 26.0 Å². The topological polar surface area (TPSA) is 24.1 Å². The molecule has 0 bridgehead atoms. The predicted molar refractivity (Wildman–Crippen MR) is 115 cm³/mol. The van der Waals surface area contributed by atoms with Gasteiger partial charge in [-0.05, 0) is 72.1 Å². The third-order valence-electron chi connectivity index (χ3n) is 4.32. The van der Waals surface area contributed by atoms with Gasteiger partial charge in [0.2, 0.25) is 0 Å². The van der Waals surface area contributed by atoms with Gasteiger partial charge < -0.3 is 10.6 Å². The van der Waals surface area contributed by atoms with Crippen LogP contribution in [0.1, 0.15) is 39.7 Å². The Morgan fingerprint density at radius 3 is 2.28 bits per heavy atom. The van der Waals surface area contributed by atoms with E-state index in [2.05, 4.69) is 56.5 Å². The fourth-order valence-corrected chi connectivity index (χ4v) is 5.52. The lowest BCUT2D eigenvalue weighted by atomic mass is 9.77. The molecule has 0 unspecified atom stereocenters. The van der Waals surface area contributed by atoms with E-state index in [1.807, 2.05) is 36.0 Å². The molecule has 0 spiro atoms. The van der Waals surface area contributed by atoms with Crippen LogP contribution in [0.4, 0.5) is 11.4 Å². The molecular weight excluding hydrogens is 368 g/mol. The molecular formula is C20H23ClN2S2. The molecule has 0 fully saturated rings. The van der Waals surface area contributed by atoms with Gasteiger partial charge in [0.25, 0.3) is 0 Å². The van der Waals surface area contributed by atoms with Crippen LogP contribution >= 0.6 is 35.6 Å². The van der Waals surface area contributed by atoms with E-state index in [-0.39, 0.29) is 10.2 Å². The van der Waals surface area contributed by atoms with Crippen molar-refractivity contribution in [3.8, 4) is 0 Å². The maximum Gasteiger partial charge on any atom is 0.175 e. The summed E-state index contributed by atoms with van der Waals surface area (Å²) in [5, 5.41) is 7.76. The molecule has 0 atom stereocenters. The van der Waals surface area contributed by atoms with E-state index in [0.717, 1.165) is 17.8 Å². The zero-order valence-electron chi connectivity index (χ0n) is 14.9. The van der Waals surface area contributed by atoms with Gasteiger partial charge in [0.15, 0.2) is 5.11 Å². The van der Waals surface area contributed by atoms with Gasteiger partial charge in [0.1, 0.15) is 0 Å². The Kier molecular flexibility index (Phi) is 5.06. The Bertz CT molecular complexity index is 798. The average molecular weight is 391 g/mol. The fourth-order valence-electron chi connectivity index (χ4n) is 3.55. The minimum Gasteiger partial charge on any atom is -0.332 e. The number of hydrogen-bond acceptors (Lipinski definition) is 2. The lowest BCUT2D eigenvalue weighted by Crippen LogP contribution is -2.33. The van der Waals surface area contributed by atoms with E-state index >= 15 is 0 Å². The monoisotopic (exact) mass is 390 g/mol. The van der Waals surface area contributed by atoms with Crippen molar-refractivity contribution in [2.75, 3.05) is 10.6 Å². The summed E-state index contributed by atoms with van der Waals surface area (Å²) in [7, 11) is 0. The van der Waals surface area contributed by atoms with Crippen LogP contribution in [0.15, 0.2) is 47.4 Å². The molecule has 132 valence electrons. The highest BCUT2D eigenvalue weighted by Crippen LogP contribution is 2.51. The van der Waals surface area contributed by atoms with Crippen molar-refractivity contribution in [2.24, 2.45) is 0 Å². The first kappa shape index (κ1) is 18.6. The zero-order valence-corrected chi connectivity index (χ0v) is 17.3. The van der Waals surface area contributed by atoms with E-state index in [1.54, 1.807) is 0 Å². The maximum absolute atomic E-state index is 5.91. The standard InChI is InChI=1S/C20H23ClN2S2/c1-19(2)12-20(3,4)25-17-10-9-15(11-16(17)19)23-18(24)22-14-7-5-13(21)6-8-14/h5-11H,12H2,1-4H3,(H2,22,23,24). The van der Waals surface area contributed by atoms with Gasteiger partial charge in [-0.3, -0.25) is 0 Å². The Morgan fingerprint density at radius 2 is 1.60 bits per heavy atom. The number of anilines is 2. The molecule has 0 radical (unpaired) electrons. The number of thioether (sulfide) groups is 1. The molecule has 1 heterocycles. The minimum atomic E-state index is 0.146. The zero-order chi connectivity index (χ0) is 18.2. The predicted octanol–water partition coefficient (Wildman–Crippen LogP) is 6.70. The molecule has 0 amide bonds. The summed E-state index contributed by atoms with van der Waals surface area (Å²) < 4.78 is 0.261. The van der Waals surface area contributed by atoms with E-state index in [1.165, 1.54) is 10.5 Å². The normalized spacial score (nSPS) is 17.5. The third kappa shape index (κ3) is 4.49. The molecule has 1 aliphatic heterocycles. The third-order valence-corrected chi connectivity index (χ3v) is 6.05. The Balaban J connectivity index is 1.76. The molecule has 0 aliphatic carbocycles. The number of benzene rings is 2. The number of rotatable bonds is 2. The van der Waals surface area contributed by atoms with Crippen LogP contribution in [-0.2, 0) is 5.41 Å². The van der Waals surface area contributed by atoms with Crippen molar-refractivity contribution >= 4 is 52.1 Å². The van der Waals surface area contributed by atoms with Crippen molar-refractivity contribution in [2.45, 2.75) is 49.2 Å². The Hall–Kier alpha value is -1.23. The molecule has 5 heteroatoms. The molecule has 2 nitrogen and oxygen atoms in total. The highest BCUT2D eigenvalue weighted by atomic mass is 35.5. The van der Waals surface area contributed by atoms with E-state index in [9.17, 15) is 0 Å². The van der Waals surface area contributed by atoms with Gasteiger partial charge >= 0.3 is 0 Å². The average Bonchev–Trinajstić information content (AvgIpc) is 2.48. The molecule has 2 aromatic rings. The van der Waals surface area contributed by atoms with Gasteiger partial charge in [-0.15, -0.1) is 11.8 Å². The summed E-state index contributed by atoms with van der Waals surface area (Å²) in [5.41, 5.74) is 3.46. The quantitative estimate of drug-likeness (QED) is 0.557. The second-order valence-electron chi connectivity index (χ2n) is 7.72. The van der Waals surface area contributed by atoms with Gasteiger partial charge in [0.05, 0.1) is 0 Å². The first-order valence-electron chi connectivity index (χ1n) is 8.32. The van der Waals surface area contributed by atoms with Gasteiger partial charge in [-0.2, -0.15) is 0 Å². The second kappa shape index (κ2) is 6.82. The van der Waals surface area contributed by atoms with Gasteiger partial charge in [-0.25, -0.2) is 0 Å². The minimum absolute atomic E-state index is 0.146. The van der Waals surface area contributed by atoms with Crippen LogP contribution in [0.5, 0.6) is 0 Å². The number of halogens is 1. The van der Waals surface area contributed by atoms with Crippen molar-refractivity contribution in [1.82, 2.24) is 0 Å². The molecule has 3 rings (SSSR count). The smallest absolute Gasteiger partial charge is 0.175 e. The van der Waals surface area contributed by atoms with Crippen LogP contribution in [0.2, 0.25) is 5.02 Å². The van der Waals surface area contributed by atoms with Crippen molar-refractivity contribution < 1.29 is 0 Å². The first-order valence-corrected chi connectivity index (χ1v) is 9.92. The summed E-state index contributed by atoms with van der Waals surface area (Å²) in [6, 6.07) is 14.0. The lowest BCUT2D eigenvalue weighted by molar-refractivity contribution is 0.408. The number of hydrogen-bond donors (Lipinski definition) is 2. The van der Waals surface area contributed by atoms with Crippen molar-refractivity contribution in [3.63, 3.8) is 0 Å². The largest absolute Gasteiger partial charge is 0.332 e. The van der Waals surface area contributed by atoms with E-state index in [0.29, 0.717) is 10.1 Å². The lowest BCUT2D eigenvalue weighted by Gasteiger charge is -2.41. The second-order valence-corrected chi connectivity index (χ2v) is 10.3. The number of thiocarbonyl (C=S) groups is 1.